The van der Waals surface area contributed by atoms with Crippen LogP contribution in [-0.2, 0) is 6.54 Å². The molecule has 1 aromatic carbocycles. The number of para-hydroxylation sites is 1. The molecule has 1 unspecified atom stereocenters. The molecule has 0 saturated carbocycles. The van der Waals surface area contributed by atoms with Crippen LogP contribution >= 0.6 is 24.0 Å². The van der Waals surface area contributed by atoms with Gasteiger partial charge in [-0.25, -0.2) is 18.2 Å². The van der Waals surface area contributed by atoms with Gasteiger partial charge in [0.05, 0.1) is 12.2 Å². The Bertz CT molecular complexity index is 798. The van der Waals surface area contributed by atoms with Gasteiger partial charge in [0.15, 0.2) is 5.96 Å². The van der Waals surface area contributed by atoms with Gasteiger partial charge >= 0.3 is 0 Å². The molecule has 2 N–H and O–H groups in total. The first-order valence-corrected chi connectivity index (χ1v) is 8.91. The van der Waals surface area contributed by atoms with Gasteiger partial charge in [-0.3, -0.25) is 4.98 Å². The van der Waals surface area contributed by atoms with Crippen molar-refractivity contribution in [3.05, 3.63) is 59.7 Å². The number of rotatable bonds is 5. The number of aromatic nitrogens is 1. The van der Waals surface area contributed by atoms with Gasteiger partial charge in [-0.1, -0.05) is 6.07 Å². The van der Waals surface area contributed by atoms with Crippen molar-refractivity contribution in [3.8, 4) is 0 Å². The molecule has 5 nitrogen and oxygen atoms in total. The van der Waals surface area contributed by atoms with E-state index in [4.69, 9.17) is 0 Å². The van der Waals surface area contributed by atoms with E-state index in [2.05, 4.69) is 20.6 Å². The van der Waals surface area contributed by atoms with Crippen molar-refractivity contribution < 1.29 is 13.2 Å². The lowest BCUT2D eigenvalue weighted by atomic mass is 10.2. The Balaban J connectivity index is 0.00000280. The summed E-state index contributed by atoms with van der Waals surface area (Å²) in [5.74, 6) is -1.02. The molecule has 0 radical (unpaired) electrons. The fourth-order valence-corrected chi connectivity index (χ4v) is 3.07. The molecule has 1 atom stereocenters. The first-order valence-electron chi connectivity index (χ1n) is 8.91. The maximum Gasteiger partial charge on any atom is 0.191 e. The predicted octanol–water partition coefficient (Wildman–Crippen LogP) is 3.45. The van der Waals surface area contributed by atoms with Gasteiger partial charge in [0.25, 0.3) is 0 Å². The highest BCUT2D eigenvalue weighted by Gasteiger charge is 2.27. The smallest absolute Gasteiger partial charge is 0.191 e. The molecule has 1 aromatic heterocycles. The summed E-state index contributed by atoms with van der Waals surface area (Å²) in [6.45, 7) is 3.63. The van der Waals surface area contributed by atoms with E-state index in [9.17, 15) is 13.2 Å². The van der Waals surface area contributed by atoms with Gasteiger partial charge in [0.2, 0.25) is 0 Å². The van der Waals surface area contributed by atoms with E-state index in [1.165, 1.54) is 36.5 Å². The van der Waals surface area contributed by atoms with Gasteiger partial charge in [-0.2, -0.15) is 0 Å². The highest BCUT2D eigenvalue weighted by atomic mass is 127. The molecule has 1 saturated heterocycles. The Morgan fingerprint density at radius 2 is 1.89 bits per heavy atom. The second-order valence-electron chi connectivity index (χ2n) is 6.27. The lowest BCUT2D eigenvalue weighted by Crippen LogP contribution is -2.44. The van der Waals surface area contributed by atoms with E-state index in [0.29, 0.717) is 32.0 Å². The molecule has 0 spiro atoms. The third kappa shape index (κ3) is 5.49. The van der Waals surface area contributed by atoms with Gasteiger partial charge in [0, 0.05) is 31.9 Å². The fourth-order valence-electron chi connectivity index (χ4n) is 3.07. The summed E-state index contributed by atoms with van der Waals surface area (Å²) in [6, 6.07) is 6.71. The Labute approximate surface area is 179 Å². The quantitative estimate of drug-likeness (QED) is 0.372. The Hall–Kier alpha value is -2.04. The first kappa shape index (κ1) is 22.3. The van der Waals surface area contributed by atoms with Crippen LogP contribution in [0.1, 0.15) is 19.0 Å². The largest absolute Gasteiger partial charge is 0.365 e. The monoisotopic (exact) mass is 505 g/mol. The molecule has 9 heteroatoms. The van der Waals surface area contributed by atoms with E-state index in [1.807, 2.05) is 6.92 Å². The average molecular weight is 505 g/mol. The maximum absolute atomic E-state index is 14.0. The second-order valence-corrected chi connectivity index (χ2v) is 6.27. The van der Waals surface area contributed by atoms with Crippen molar-refractivity contribution in [2.24, 2.45) is 4.99 Å². The molecule has 2 heterocycles. The van der Waals surface area contributed by atoms with E-state index < -0.39 is 17.5 Å². The van der Waals surface area contributed by atoms with Crippen molar-refractivity contribution in [2.75, 3.05) is 24.5 Å². The van der Waals surface area contributed by atoms with Gasteiger partial charge < -0.3 is 15.5 Å². The van der Waals surface area contributed by atoms with E-state index in [1.54, 1.807) is 4.90 Å². The molecule has 1 aliphatic heterocycles. The van der Waals surface area contributed by atoms with Gasteiger partial charge in [-0.15, -0.1) is 24.0 Å². The predicted molar refractivity (Wildman–Crippen MR) is 115 cm³/mol. The zero-order chi connectivity index (χ0) is 19.2. The summed E-state index contributed by atoms with van der Waals surface area (Å²) in [5, 5.41) is 6.35. The molecule has 2 aromatic rings. The third-order valence-electron chi connectivity index (χ3n) is 4.35. The van der Waals surface area contributed by atoms with E-state index in [-0.39, 0.29) is 47.9 Å². The van der Waals surface area contributed by atoms with Gasteiger partial charge in [0.1, 0.15) is 23.1 Å². The Morgan fingerprint density at radius 1 is 1.18 bits per heavy atom. The number of anilines is 1. The lowest BCUT2D eigenvalue weighted by molar-refractivity contribution is 0.575. The van der Waals surface area contributed by atoms with Gasteiger partial charge in [-0.05, 0) is 37.6 Å². The highest BCUT2D eigenvalue weighted by Crippen LogP contribution is 2.26. The molecule has 1 fully saturated rings. The molecule has 0 aliphatic carbocycles. The number of aliphatic imine (C=N–C) groups is 1. The number of nitrogens with one attached hydrogen (secondary N) is 2. The average Bonchev–Trinajstić information content (AvgIpc) is 3.09. The van der Waals surface area contributed by atoms with Crippen molar-refractivity contribution in [3.63, 3.8) is 0 Å². The standard InChI is InChI=1S/C19H22F3N5.HI/c1-2-23-19(25-11-17-14(20)7-4-9-24-17)26-13-8-10-27(12-13)18-15(21)5-3-6-16(18)22;/h3-7,9,13H,2,8,10-12H2,1H3,(H2,23,25,26);1H. The van der Waals surface area contributed by atoms with Crippen LogP contribution in [0.3, 0.4) is 0 Å². The molecule has 28 heavy (non-hydrogen) atoms. The number of pyridine rings is 1. The normalized spacial score (nSPS) is 16.6. The minimum Gasteiger partial charge on any atom is -0.365 e. The number of benzene rings is 1. The molecule has 3 rings (SSSR count). The molecular weight excluding hydrogens is 482 g/mol. The van der Waals surface area contributed by atoms with Crippen molar-refractivity contribution in [2.45, 2.75) is 25.9 Å². The number of guanidine groups is 1. The Kier molecular flexibility index (Phi) is 8.34. The summed E-state index contributed by atoms with van der Waals surface area (Å²) in [4.78, 5) is 10.0. The molecule has 1 aliphatic rings. The van der Waals surface area contributed by atoms with Crippen LogP contribution in [0.25, 0.3) is 0 Å². The fraction of sp³-hybridized carbons (Fsp3) is 0.368. The van der Waals surface area contributed by atoms with Crippen molar-refractivity contribution in [1.29, 1.82) is 0 Å². The zero-order valence-corrected chi connectivity index (χ0v) is 17.8. The molecule has 0 amide bonds. The van der Waals surface area contributed by atoms with Crippen LogP contribution in [0.5, 0.6) is 0 Å². The lowest BCUT2D eigenvalue weighted by Gasteiger charge is -2.21. The van der Waals surface area contributed by atoms with Crippen LogP contribution in [0.4, 0.5) is 18.9 Å². The Morgan fingerprint density at radius 3 is 2.57 bits per heavy atom. The summed E-state index contributed by atoms with van der Waals surface area (Å²) < 4.78 is 41.7. The highest BCUT2D eigenvalue weighted by molar-refractivity contribution is 14.0. The van der Waals surface area contributed by atoms with Crippen LogP contribution < -0.4 is 15.5 Å². The summed E-state index contributed by atoms with van der Waals surface area (Å²) >= 11 is 0. The van der Waals surface area contributed by atoms with Crippen LogP contribution in [0.15, 0.2) is 41.5 Å². The van der Waals surface area contributed by atoms with Crippen molar-refractivity contribution >= 4 is 35.6 Å². The maximum atomic E-state index is 14.0. The van der Waals surface area contributed by atoms with Crippen LogP contribution in [-0.4, -0.2) is 36.6 Å². The molecular formula is C19H23F3IN5. The first-order chi connectivity index (χ1) is 13.1. The topological polar surface area (TPSA) is 52.6 Å². The number of hydrogen-bond acceptors (Lipinski definition) is 3. The summed E-state index contributed by atoms with van der Waals surface area (Å²) in [6.07, 6.45) is 2.22. The SMILES string of the molecule is CCNC(=NCc1ncccc1F)NC1CCN(c2c(F)cccc2F)C1.I. The zero-order valence-electron chi connectivity index (χ0n) is 15.5. The molecule has 0 bridgehead atoms. The number of hydrogen-bond donors (Lipinski definition) is 2. The number of halogens is 4. The minimum atomic E-state index is -0.568. The summed E-state index contributed by atoms with van der Waals surface area (Å²) in [5.41, 5.74) is 0.260. The third-order valence-corrected chi connectivity index (χ3v) is 4.35. The minimum absolute atomic E-state index is 0. The number of nitrogens with zero attached hydrogens (tertiary/aromatic N) is 3. The van der Waals surface area contributed by atoms with E-state index >= 15 is 0 Å². The van der Waals surface area contributed by atoms with E-state index in [0.717, 1.165) is 0 Å². The second kappa shape index (κ2) is 10.5. The van der Waals surface area contributed by atoms with Crippen molar-refractivity contribution in [1.82, 2.24) is 15.6 Å². The van der Waals surface area contributed by atoms with Crippen LogP contribution in [0.2, 0.25) is 0 Å². The molecule has 152 valence electrons. The summed E-state index contributed by atoms with van der Waals surface area (Å²) in [7, 11) is 0. The van der Waals surface area contributed by atoms with Crippen LogP contribution in [0, 0.1) is 17.5 Å².